The van der Waals surface area contributed by atoms with Crippen LogP contribution in [0.15, 0.2) is 24.3 Å². The molecule has 1 amide bonds. The first kappa shape index (κ1) is 27.1. The lowest BCUT2D eigenvalue weighted by molar-refractivity contribution is -0.137. The summed E-state index contributed by atoms with van der Waals surface area (Å²) in [6.07, 6.45) is -4.34. The van der Waals surface area contributed by atoms with E-state index in [1.165, 1.54) is 12.1 Å². The lowest BCUT2D eigenvalue weighted by Gasteiger charge is -2.37. The molecule has 0 spiro atoms. The Morgan fingerprint density at radius 1 is 0.964 bits per heavy atom. The number of hydrogen-bond donors (Lipinski definition) is 1. The molecular weight excluding hydrogens is 440 g/mol. The van der Waals surface area contributed by atoms with Crippen molar-refractivity contribution in [2.24, 2.45) is 0 Å². The maximum atomic E-state index is 12.8. The Bertz CT molecular complexity index is 608. The molecule has 0 bridgehead atoms. The third-order valence-corrected chi connectivity index (χ3v) is 4.74. The number of nitrogens with one attached hydrogen (secondary N) is 1. The van der Waals surface area contributed by atoms with Crippen LogP contribution in [0.4, 0.5) is 18.9 Å². The Labute approximate surface area is 181 Å². The lowest BCUT2D eigenvalue weighted by Crippen LogP contribution is -2.53. The molecule has 1 aromatic carbocycles. The van der Waals surface area contributed by atoms with Gasteiger partial charge >= 0.3 is 6.18 Å². The van der Waals surface area contributed by atoms with Gasteiger partial charge in [-0.05, 0) is 18.2 Å². The van der Waals surface area contributed by atoms with Crippen molar-refractivity contribution in [2.45, 2.75) is 6.18 Å². The average molecular weight is 466 g/mol. The number of anilines is 1. The summed E-state index contributed by atoms with van der Waals surface area (Å²) in [6.45, 7) is 6.15. The summed E-state index contributed by atoms with van der Waals surface area (Å²) in [4.78, 5) is 18.2. The molecule has 162 valence electrons. The smallest absolute Gasteiger partial charge is 0.368 e. The van der Waals surface area contributed by atoms with Gasteiger partial charge in [0.15, 0.2) is 0 Å². The van der Waals surface area contributed by atoms with E-state index < -0.39 is 11.7 Å². The largest absolute Gasteiger partial charge is 0.416 e. The van der Waals surface area contributed by atoms with E-state index in [1.807, 2.05) is 9.80 Å². The van der Waals surface area contributed by atoms with Gasteiger partial charge in [0.05, 0.1) is 12.1 Å². The molecule has 2 heterocycles. The van der Waals surface area contributed by atoms with Crippen LogP contribution in [-0.2, 0) is 11.0 Å². The van der Waals surface area contributed by atoms with Gasteiger partial charge in [-0.1, -0.05) is 6.07 Å². The van der Waals surface area contributed by atoms with Crippen LogP contribution >= 0.6 is 37.2 Å². The highest BCUT2D eigenvalue weighted by molar-refractivity contribution is 5.86. The van der Waals surface area contributed by atoms with Crippen molar-refractivity contribution in [1.29, 1.82) is 0 Å². The molecule has 0 atom stereocenters. The number of carbonyl (C=O) groups is 1. The molecule has 1 aromatic rings. The van der Waals surface area contributed by atoms with Crippen molar-refractivity contribution >= 4 is 48.8 Å². The van der Waals surface area contributed by atoms with Gasteiger partial charge < -0.3 is 15.1 Å². The number of carbonyl (C=O) groups excluding carboxylic acids is 1. The standard InChI is InChI=1S/C17H23F3N4O.3ClH/c18-17(19,20)14-2-1-3-15(12-14)23-8-10-24(11-9-23)16(25)13-22-6-4-21-5-7-22;;;/h1-3,12,21H,4-11,13H2;3*1H. The van der Waals surface area contributed by atoms with E-state index >= 15 is 0 Å². The minimum absolute atomic E-state index is 0. The van der Waals surface area contributed by atoms with Crippen LogP contribution in [0.2, 0.25) is 0 Å². The van der Waals surface area contributed by atoms with Crippen molar-refractivity contribution < 1.29 is 18.0 Å². The summed E-state index contributed by atoms with van der Waals surface area (Å²) in [6, 6.07) is 5.38. The fourth-order valence-electron chi connectivity index (χ4n) is 3.25. The van der Waals surface area contributed by atoms with Crippen LogP contribution in [0.1, 0.15) is 5.56 Å². The molecule has 0 radical (unpaired) electrons. The zero-order valence-corrected chi connectivity index (χ0v) is 17.7. The van der Waals surface area contributed by atoms with Crippen LogP contribution < -0.4 is 10.2 Å². The van der Waals surface area contributed by atoms with Gasteiger partial charge in [0, 0.05) is 58.0 Å². The normalized spacial score (nSPS) is 17.8. The minimum atomic E-state index is -4.34. The van der Waals surface area contributed by atoms with Gasteiger partial charge in [-0.3, -0.25) is 9.69 Å². The summed E-state index contributed by atoms with van der Waals surface area (Å²) >= 11 is 0. The van der Waals surface area contributed by atoms with Crippen LogP contribution in [0.5, 0.6) is 0 Å². The van der Waals surface area contributed by atoms with Crippen molar-refractivity contribution in [3.8, 4) is 0 Å². The minimum Gasteiger partial charge on any atom is -0.368 e. The van der Waals surface area contributed by atoms with Crippen LogP contribution in [-0.4, -0.2) is 74.6 Å². The fraction of sp³-hybridized carbons (Fsp3) is 0.588. The Balaban J connectivity index is 0.00000243. The van der Waals surface area contributed by atoms with E-state index in [4.69, 9.17) is 0 Å². The number of amides is 1. The van der Waals surface area contributed by atoms with Crippen molar-refractivity contribution in [1.82, 2.24) is 15.1 Å². The van der Waals surface area contributed by atoms with Gasteiger partial charge in [0.1, 0.15) is 0 Å². The molecule has 3 rings (SSSR count). The third-order valence-electron chi connectivity index (χ3n) is 4.74. The molecule has 0 aromatic heterocycles. The molecule has 2 fully saturated rings. The van der Waals surface area contributed by atoms with Gasteiger partial charge in [-0.2, -0.15) is 13.2 Å². The molecule has 0 saturated carbocycles. The second kappa shape index (κ2) is 11.9. The summed E-state index contributed by atoms with van der Waals surface area (Å²) in [5.41, 5.74) is -0.0776. The predicted octanol–water partition coefficient (Wildman–Crippen LogP) is 2.52. The highest BCUT2D eigenvalue weighted by atomic mass is 35.5. The predicted molar refractivity (Wildman–Crippen MR) is 111 cm³/mol. The van der Waals surface area contributed by atoms with E-state index in [9.17, 15) is 18.0 Å². The number of hydrogen-bond acceptors (Lipinski definition) is 4. The number of benzene rings is 1. The summed E-state index contributed by atoms with van der Waals surface area (Å²) in [5.74, 6) is 0.102. The summed E-state index contributed by atoms with van der Waals surface area (Å²) < 4.78 is 38.5. The Morgan fingerprint density at radius 2 is 1.57 bits per heavy atom. The maximum absolute atomic E-state index is 12.8. The molecule has 11 heteroatoms. The molecule has 0 aliphatic carbocycles. The summed E-state index contributed by atoms with van der Waals surface area (Å²) in [5, 5.41) is 3.25. The first-order valence-electron chi connectivity index (χ1n) is 8.56. The van der Waals surface area contributed by atoms with Gasteiger partial charge in [0.2, 0.25) is 5.91 Å². The number of alkyl halides is 3. The topological polar surface area (TPSA) is 38.8 Å². The zero-order chi connectivity index (χ0) is 17.9. The Kier molecular flexibility index (Phi) is 11.5. The zero-order valence-electron chi connectivity index (χ0n) is 15.3. The van der Waals surface area contributed by atoms with Gasteiger partial charge in [-0.15, -0.1) is 37.2 Å². The number of nitrogens with zero attached hydrogens (tertiary/aromatic N) is 3. The summed E-state index contributed by atoms with van der Waals surface area (Å²) in [7, 11) is 0. The second-order valence-electron chi connectivity index (χ2n) is 6.44. The highest BCUT2D eigenvalue weighted by Crippen LogP contribution is 2.31. The molecule has 0 unspecified atom stereocenters. The van der Waals surface area contributed by atoms with Crippen molar-refractivity contribution in [2.75, 3.05) is 63.8 Å². The molecule has 1 N–H and O–H groups in total. The number of rotatable bonds is 3. The molecule has 2 aliphatic rings. The van der Waals surface area contributed by atoms with E-state index in [-0.39, 0.29) is 43.1 Å². The van der Waals surface area contributed by atoms with Crippen molar-refractivity contribution in [3.63, 3.8) is 0 Å². The van der Waals surface area contributed by atoms with E-state index in [0.29, 0.717) is 38.4 Å². The van der Waals surface area contributed by atoms with Crippen molar-refractivity contribution in [3.05, 3.63) is 29.8 Å². The maximum Gasteiger partial charge on any atom is 0.416 e. The average Bonchev–Trinajstić information content (AvgIpc) is 2.62. The fourth-order valence-corrected chi connectivity index (χ4v) is 3.25. The first-order valence-corrected chi connectivity index (χ1v) is 8.56. The quantitative estimate of drug-likeness (QED) is 0.745. The van der Waals surface area contributed by atoms with E-state index in [1.54, 1.807) is 6.07 Å². The molecular formula is C17H26Cl3F3N4O. The molecule has 5 nitrogen and oxygen atoms in total. The highest BCUT2D eigenvalue weighted by Gasteiger charge is 2.31. The van der Waals surface area contributed by atoms with Crippen LogP contribution in [0, 0.1) is 0 Å². The number of halogens is 6. The molecule has 28 heavy (non-hydrogen) atoms. The lowest BCUT2D eigenvalue weighted by atomic mass is 10.1. The number of piperazine rings is 2. The Morgan fingerprint density at radius 3 is 2.14 bits per heavy atom. The SMILES string of the molecule is Cl.Cl.Cl.O=C(CN1CCNCC1)N1CCN(c2cccc(C(F)(F)F)c2)CC1. The van der Waals surface area contributed by atoms with E-state index in [2.05, 4.69) is 10.2 Å². The second-order valence-corrected chi connectivity index (χ2v) is 6.44. The van der Waals surface area contributed by atoms with Gasteiger partial charge in [0.25, 0.3) is 0 Å². The third kappa shape index (κ3) is 7.15. The van der Waals surface area contributed by atoms with Gasteiger partial charge in [-0.25, -0.2) is 0 Å². The van der Waals surface area contributed by atoms with E-state index in [0.717, 1.165) is 32.2 Å². The molecule has 2 saturated heterocycles. The monoisotopic (exact) mass is 464 g/mol. The van der Waals surface area contributed by atoms with Crippen LogP contribution in [0.25, 0.3) is 0 Å². The Hall–Kier alpha value is -0.930. The molecule has 2 aliphatic heterocycles. The first-order chi connectivity index (χ1) is 11.9. The van der Waals surface area contributed by atoms with Crippen LogP contribution in [0.3, 0.4) is 0 Å².